The number of ether oxygens (including phenoxy) is 6. The van der Waals surface area contributed by atoms with Crippen LogP contribution < -0.4 is 4.74 Å². The van der Waals surface area contributed by atoms with E-state index >= 15 is 0 Å². The molecule has 11 heteroatoms. The number of esters is 2. The van der Waals surface area contributed by atoms with Gasteiger partial charge in [0.05, 0.1) is 11.5 Å². The molecule has 0 bridgehead atoms. The highest BCUT2D eigenvalue weighted by Crippen LogP contribution is 2.34. The average Bonchev–Trinajstić information content (AvgIpc) is 2.71. The van der Waals surface area contributed by atoms with Gasteiger partial charge < -0.3 is 28.4 Å². The Kier molecular flexibility index (Phi) is 7.42. The Morgan fingerprint density at radius 3 is 2.32 bits per heavy atom. The van der Waals surface area contributed by atoms with Crippen LogP contribution in [0.4, 0.5) is 5.69 Å². The molecule has 1 aromatic carbocycles. The number of hydrogen-bond donors (Lipinski definition) is 0. The predicted molar refractivity (Wildman–Crippen MR) is 103 cm³/mol. The van der Waals surface area contributed by atoms with Crippen LogP contribution in [-0.4, -0.2) is 60.5 Å². The van der Waals surface area contributed by atoms with E-state index in [0.29, 0.717) is 6.42 Å². The first-order valence-corrected chi connectivity index (χ1v) is 9.96. The summed E-state index contributed by atoms with van der Waals surface area (Å²) in [6.45, 7) is 4.60. The Bertz CT molecular complexity index is 798. The van der Waals surface area contributed by atoms with Crippen molar-refractivity contribution >= 4 is 17.6 Å². The van der Waals surface area contributed by atoms with E-state index < -0.39 is 53.9 Å². The molecule has 1 unspecified atom stereocenters. The molecule has 3 rings (SSSR count). The first-order valence-electron chi connectivity index (χ1n) is 9.96. The van der Waals surface area contributed by atoms with Gasteiger partial charge in [-0.05, 0) is 18.6 Å². The van der Waals surface area contributed by atoms with Crippen LogP contribution in [0.15, 0.2) is 24.3 Å². The van der Waals surface area contributed by atoms with Gasteiger partial charge in [0.25, 0.3) is 5.69 Å². The van der Waals surface area contributed by atoms with Crippen molar-refractivity contribution in [2.45, 2.75) is 70.6 Å². The zero-order valence-electron chi connectivity index (χ0n) is 17.4. The van der Waals surface area contributed by atoms with Gasteiger partial charge in [-0.1, -0.05) is 13.3 Å². The lowest BCUT2D eigenvalue weighted by atomic mass is 9.97. The molecule has 6 atom stereocenters. The number of non-ortho nitro benzene ring substituents is 1. The Labute approximate surface area is 178 Å². The number of rotatable bonds is 7. The summed E-state index contributed by atoms with van der Waals surface area (Å²) >= 11 is 0. The number of nitrogens with zero attached hydrogens (tertiary/aromatic N) is 1. The van der Waals surface area contributed by atoms with Gasteiger partial charge in [0.15, 0.2) is 12.4 Å². The highest BCUT2D eigenvalue weighted by molar-refractivity contribution is 5.67. The molecular formula is C20H25NO10. The van der Waals surface area contributed by atoms with Crippen molar-refractivity contribution in [3.8, 4) is 5.75 Å². The van der Waals surface area contributed by atoms with E-state index in [9.17, 15) is 19.7 Å². The molecule has 2 saturated heterocycles. The summed E-state index contributed by atoms with van der Waals surface area (Å²) in [7, 11) is 0. The van der Waals surface area contributed by atoms with Gasteiger partial charge in [-0.2, -0.15) is 0 Å². The molecule has 170 valence electrons. The number of nitro benzene ring substituents is 1. The minimum absolute atomic E-state index is 0.109. The Hall–Kier alpha value is -2.76. The van der Waals surface area contributed by atoms with E-state index in [1.807, 2.05) is 6.92 Å². The van der Waals surface area contributed by atoms with E-state index in [0.717, 1.165) is 6.42 Å². The molecule has 2 aliphatic rings. The quantitative estimate of drug-likeness (QED) is 0.353. The lowest BCUT2D eigenvalue weighted by Gasteiger charge is -2.47. The lowest BCUT2D eigenvalue weighted by molar-refractivity contribution is -0.384. The van der Waals surface area contributed by atoms with Crippen molar-refractivity contribution < 1.29 is 42.9 Å². The van der Waals surface area contributed by atoms with E-state index in [2.05, 4.69) is 0 Å². The first kappa shape index (κ1) is 22.9. The molecule has 2 heterocycles. The maximum atomic E-state index is 11.8. The van der Waals surface area contributed by atoms with Crippen LogP contribution in [0.2, 0.25) is 0 Å². The molecule has 0 spiro atoms. The lowest BCUT2D eigenvalue weighted by Crippen LogP contribution is -2.65. The fraction of sp³-hybridized carbons (Fsp3) is 0.600. The van der Waals surface area contributed by atoms with Crippen molar-refractivity contribution in [3.05, 3.63) is 34.4 Å². The third-order valence-electron chi connectivity index (χ3n) is 4.77. The van der Waals surface area contributed by atoms with Crippen LogP contribution in [0.25, 0.3) is 0 Å². The van der Waals surface area contributed by atoms with Gasteiger partial charge in [-0.15, -0.1) is 0 Å². The third-order valence-corrected chi connectivity index (χ3v) is 4.77. The van der Waals surface area contributed by atoms with Gasteiger partial charge in [0.1, 0.15) is 18.0 Å². The average molecular weight is 439 g/mol. The van der Waals surface area contributed by atoms with Gasteiger partial charge in [-0.3, -0.25) is 19.7 Å². The largest absolute Gasteiger partial charge is 0.461 e. The van der Waals surface area contributed by atoms with Crippen molar-refractivity contribution in [1.29, 1.82) is 0 Å². The van der Waals surface area contributed by atoms with Gasteiger partial charge >= 0.3 is 11.9 Å². The van der Waals surface area contributed by atoms with Crippen LogP contribution in [0.3, 0.4) is 0 Å². The van der Waals surface area contributed by atoms with Crippen LogP contribution in [-0.2, 0) is 33.3 Å². The number of carbonyl (C=O) groups excluding carboxylic acids is 2. The predicted octanol–water partition coefficient (Wildman–Crippen LogP) is 2.10. The van der Waals surface area contributed by atoms with Crippen LogP contribution in [0, 0.1) is 10.1 Å². The number of nitro groups is 1. The zero-order valence-corrected chi connectivity index (χ0v) is 17.4. The normalized spacial score (nSPS) is 30.0. The monoisotopic (exact) mass is 439 g/mol. The van der Waals surface area contributed by atoms with Crippen LogP contribution in [0.5, 0.6) is 5.75 Å². The fourth-order valence-electron chi connectivity index (χ4n) is 3.50. The summed E-state index contributed by atoms with van der Waals surface area (Å²) in [5, 5.41) is 10.9. The maximum absolute atomic E-state index is 11.8. The van der Waals surface area contributed by atoms with Gasteiger partial charge in [0.2, 0.25) is 12.4 Å². The summed E-state index contributed by atoms with van der Waals surface area (Å²) < 4.78 is 34.3. The second-order valence-corrected chi connectivity index (χ2v) is 7.21. The molecule has 0 aromatic heterocycles. The molecule has 0 saturated carbocycles. The standard InChI is InChI=1S/C20H25NO10/c1-4-5-16-26-10-15-17(31-16)18(27-11(2)22)19(28-12(3)23)20(30-15)29-14-8-6-13(7-9-14)21(24)25/h6-9,15-20H,4-5,10H2,1-3H3/t15-,16?,17-,18+,19-,20-/m1/s1. The van der Waals surface area contributed by atoms with E-state index in [4.69, 9.17) is 28.4 Å². The number of fused-ring (bicyclic) bond motifs is 1. The molecular weight excluding hydrogens is 414 g/mol. The fourth-order valence-corrected chi connectivity index (χ4v) is 3.50. The smallest absolute Gasteiger partial charge is 0.303 e. The molecule has 1 aromatic rings. The highest BCUT2D eigenvalue weighted by atomic mass is 16.8. The molecule has 31 heavy (non-hydrogen) atoms. The minimum Gasteiger partial charge on any atom is -0.461 e. The number of carbonyl (C=O) groups is 2. The van der Waals surface area contributed by atoms with Gasteiger partial charge in [-0.25, -0.2) is 0 Å². The zero-order chi connectivity index (χ0) is 22.5. The first-order chi connectivity index (χ1) is 14.8. The molecule has 2 aliphatic heterocycles. The molecule has 0 aliphatic carbocycles. The van der Waals surface area contributed by atoms with Crippen molar-refractivity contribution in [2.24, 2.45) is 0 Å². The number of hydrogen-bond acceptors (Lipinski definition) is 10. The van der Waals surface area contributed by atoms with E-state index in [1.54, 1.807) is 0 Å². The second kappa shape index (κ2) is 10.0. The summed E-state index contributed by atoms with van der Waals surface area (Å²) in [5.74, 6) is -0.966. The maximum Gasteiger partial charge on any atom is 0.303 e. The van der Waals surface area contributed by atoms with E-state index in [1.165, 1.54) is 38.1 Å². The second-order valence-electron chi connectivity index (χ2n) is 7.21. The number of benzene rings is 1. The third kappa shape index (κ3) is 5.69. The van der Waals surface area contributed by atoms with Crippen molar-refractivity contribution in [3.63, 3.8) is 0 Å². The highest BCUT2D eigenvalue weighted by Gasteiger charge is 2.54. The summed E-state index contributed by atoms with van der Waals surface area (Å²) in [6.07, 6.45) is -3.70. The molecule has 2 fully saturated rings. The van der Waals surface area contributed by atoms with Crippen LogP contribution >= 0.6 is 0 Å². The Morgan fingerprint density at radius 2 is 1.74 bits per heavy atom. The van der Waals surface area contributed by atoms with E-state index in [-0.39, 0.29) is 18.0 Å². The van der Waals surface area contributed by atoms with Crippen LogP contribution in [0.1, 0.15) is 33.6 Å². The molecule has 0 radical (unpaired) electrons. The van der Waals surface area contributed by atoms with Gasteiger partial charge in [0, 0.05) is 26.0 Å². The molecule has 11 nitrogen and oxygen atoms in total. The summed E-state index contributed by atoms with van der Waals surface area (Å²) in [6, 6.07) is 5.33. The molecule has 0 amide bonds. The Balaban J connectivity index is 1.86. The minimum atomic E-state index is -1.16. The topological polar surface area (TPSA) is 133 Å². The van der Waals surface area contributed by atoms with Crippen molar-refractivity contribution in [1.82, 2.24) is 0 Å². The summed E-state index contributed by atoms with van der Waals surface area (Å²) in [5.41, 5.74) is -0.109. The molecule has 0 N–H and O–H groups in total. The summed E-state index contributed by atoms with van der Waals surface area (Å²) in [4.78, 5) is 33.9. The van der Waals surface area contributed by atoms with Crippen molar-refractivity contribution in [2.75, 3.05) is 6.61 Å². The SMILES string of the molecule is CCCC1OC[C@H]2O[C@@H](Oc3ccc([N+](=O)[O-])cc3)[C@H](OC(C)=O)[C@@H](OC(C)=O)[C@@H]2O1. The Morgan fingerprint density at radius 1 is 1.10 bits per heavy atom.